The molecule has 0 saturated heterocycles. The van der Waals surface area contributed by atoms with Crippen molar-refractivity contribution in [2.75, 3.05) is 5.32 Å². The first kappa shape index (κ1) is 18.9. The second kappa shape index (κ2) is 7.82. The molecule has 1 atom stereocenters. The lowest BCUT2D eigenvalue weighted by molar-refractivity contribution is -0.119. The molecular weight excluding hydrogens is 441 g/mol. The first-order valence-electron chi connectivity index (χ1n) is 7.83. The van der Waals surface area contributed by atoms with Crippen LogP contribution in [-0.2, 0) is 11.3 Å². The Morgan fingerprint density at radius 1 is 1.31 bits per heavy atom. The number of amides is 1. The lowest BCUT2D eigenvalue weighted by atomic mass is 10.2. The minimum absolute atomic E-state index is 0.199. The van der Waals surface area contributed by atoms with E-state index >= 15 is 0 Å². The van der Waals surface area contributed by atoms with E-state index in [1.165, 1.54) is 0 Å². The number of hydrogen-bond donors (Lipinski definition) is 1. The van der Waals surface area contributed by atoms with Gasteiger partial charge in [-0.05, 0) is 47.5 Å². The third-order valence-corrected chi connectivity index (χ3v) is 5.24. The van der Waals surface area contributed by atoms with Gasteiger partial charge in [-0.3, -0.25) is 14.2 Å². The van der Waals surface area contributed by atoms with Crippen molar-refractivity contribution in [2.24, 2.45) is 0 Å². The molecule has 6 nitrogen and oxygen atoms in total. The third kappa shape index (κ3) is 4.28. The highest BCUT2D eigenvalue weighted by atomic mass is 79.9. The number of anilines is 1. The maximum atomic E-state index is 12.4. The van der Waals surface area contributed by atoms with Gasteiger partial charge in [-0.25, -0.2) is 0 Å². The van der Waals surface area contributed by atoms with Crippen molar-refractivity contribution in [2.45, 2.75) is 26.4 Å². The van der Waals surface area contributed by atoms with Crippen molar-refractivity contribution in [3.63, 3.8) is 0 Å². The number of rotatable bonds is 5. The molecule has 0 saturated carbocycles. The molecule has 0 aliphatic rings. The first-order chi connectivity index (χ1) is 12.3. The molecule has 0 aliphatic carbocycles. The van der Waals surface area contributed by atoms with Crippen molar-refractivity contribution in [1.29, 1.82) is 0 Å². The molecule has 2 aromatic heterocycles. The molecule has 26 heavy (non-hydrogen) atoms. The number of aromatic nitrogens is 4. The summed E-state index contributed by atoms with van der Waals surface area (Å²) in [5.74, 6) is 0.268. The molecule has 3 aromatic rings. The number of carbonyl (C=O) groups is 1. The number of carbonyl (C=O) groups excluding carboxylic acids is 1. The molecule has 9 heteroatoms. The minimum Gasteiger partial charge on any atom is -0.307 e. The Kier molecular flexibility index (Phi) is 5.70. The minimum atomic E-state index is -0.462. The smallest absolute Gasteiger partial charge is 0.250 e. The van der Waals surface area contributed by atoms with Crippen LogP contribution in [0.1, 0.15) is 24.2 Å². The van der Waals surface area contributed by atoms with E-state index in [2.05, 4.69) is 31.4 Å². The van der Waals surface area contributed by atoms with Gasteiger partial charge < -0.3 is 5.32 Å². The molecule has 1 amide bonds. The topological polar surface area (TPSA) is 64.7 Å². The average Bonchev–Trinajstić information content (AvgIpc) is 3.16. The van der Waals surface area contributed by atoms with Gasteiger partial charge in [-0.2, -0.15) is 10.2 Å². The quantitative estimate of drug-likeness (QED) is 0.604. The summed E-state index contributed by atoms with van der Waals surface area (Å²) in [6, 6.07) is 6.59. The zero-order valence-corrected chi connectivity index (χ0v) is 17.2. The normalized spacial score (nSPS) is 12.2. The Morgan fingerprint density at radius 2 is 2.08 bits per heavy atom. The van der Waals surface area contributed by atoms with Crippen LogP contribution in [0.5, 0.6) is 0 Å². The third-order valence-electron chi connectivity index (χ3n) is 3.87. The van der Waals surface area contributed by atoms with Gasteiger partial charge in [0, 0.05) is 28.5 Å². The highest BCUT2D eigenvalue weighted by Crippen LogP contribution is 2.22. The molecule has 3 rings (SSSR count). The van der Waals surface area contributed by atoms with Crippen LogP contribution < -0.4 is 5.32 Å². The molecule has 2 heterocycles. The van der Waals surface area contributed by atoms with E-state index < -0.39 is 6.04 Å². The van der Waals surface area contributed by atoms with Crippen molar-refractivity contribution in [3.8, 4) is 0 Å². The van der Waals surface area contributed by atoms with Crippen LogP contribution in [0.4, 0.5) is 5.82 Å². The Hall–Kier alpha value is -1.83. The highest BCUT2D eigenvalue weighted by Gasteiger charge is 2.18. The monoisotopic (exact) mass is 455 g/mol. The summed E-state index contributed by atoms with van der Waals surface area (Å²) in [4.78, 5) is 12.4. The number of hydrogen-bond acceptors (Lipinski definition) is 3. The van der Waals surface area contributed by atoms with Crippen molar-refractivity contribution in [3.05, 3.63) is 62.4 Å². The molecule has 136 valence electrons. The van der Waals surface area contributed by atoms with Crippen LogP contribution in [0.2, 0.25) is 10.0 Å². The molecule has 0 radical (unpaired) electrons. The van der Waals surface area contributed by atoms with E-state index in [4.69, 9.17) is 23.2 Å². The van der Waals surface area contributed by atoms with Gasteiger partial charge in [0.15, 0.2) is 5.82 Å². The van der Waals surface area contributed by atoms with Gasteiger partial charge in [0.2, 0.25) is 5.91 Å². The fraction of sp³-hybridized carbons (Fsp3) is 0.235. The van der Waals surface area contributed by atoms with Crippen molar-refractivity contribution in [1.82, 2.24) is 19.6 Å². The van der Waals surface area contributed by atoms with Crippen LogP contribution in [0, 0.1) is 6.92 Å². The van der Waals surface area contributed by atoms with Crippen LogP contribution in [-0.4, -0.2) is 25.5 Å². The van der Waals surface area contributed by atoms with Crippen LogP contribution in [0.15, 0.2) is 41.1 Å². The zero-order valence-electron chi connectivity index (χ0n) is 14.1. The molecule has 1 unspecified atom stereocenters. The van der Waals surface area contributed by atoms with Crippen LogP contribution in [0.3, 0.4) is 0 Å². The van der Waals surface area contributed by atoms with Crippen LogP contribution in [0.25, 0.3) is 0 Å². The predicted molar refractivity (Wildman–Crippen MR) is 106 cm³/mol. The molecule has 1 N–H and O–H groups in total. The maximum Gasteiger partial charge on any atom is 0.250 e. The number of nitrogens with one attached hydrogen (secondary N) is 1. The molecule has 0 bridgehead atoms. The Labute approximate surface area is 169 Å². The average molecular weight is 457 g/mol. The summed E-state index contributed by atoms with van der Waals surface area (Å²) in [7, 11) is 0. The van der Waals surface area contributed by atoms with E-state index in [-0.39, 0.29) is 5.91 Å². The zero-order chi connectivity index (χ0) is 18.8. The van der Waals surface area contributed by atoms with Gasteiger partial charge in [0.25, 0.3) is 0 Å². The largest absolute Gasteiger partial charge is 0.307 e. The number of nitrogens with zero attached hydrogens (tertiary/aromatic N) is 4. The van der Waals surface area contributed by atoms with E-state index in [0.717, 1.165) is 15.7 Å². The highest BCUT2D eigenvalue weighted by molar-refractivity contribution is 9.10. The fourth-order valence-corrected chi connectivity index (χ4v) is 3.11. The molecule has 0 aliphatic heterocycles. The second-order valence-corrected chi connectivity index (χ2v) is 7.54. The Morgan fingerprint density at radius 3 is 2.73 bits per heavy atom. The SMILES string of the molecule is Cc1nn(C(C)C(=O)Nc2ccn(Cc3ccc(Cl)cc3Cl)n2)cc1Br. The lowest BCUT2D eigenvalue weighted by Gasteiger charge is -2.11. The number of aryl methyl sites for hydroxylation is 1. The van der Waals surface area contributed by atoms with Gasteiger partial charge in [-0.1, -0.05) is 29.3 Å². The van der Waals surface area contributed by atoms with Gasteiger partial charge >= 0.3 is 0 Å². The Bertz CT molecular complexity index is 933. The van der Waals surface area contributed by atoms with E-state index in [0.29, 0.717) is 22.4 Å². The molecule has 0 fully saturated rings. The van der Waals surface area contributed by atoms with Crippen molar-refractivity contribution < 1.29 is 4.79 Å². The predicted octanol–water partition coefficient (Wildman–Crippen LogP) is 4.71. The molecular formula is C17H16BrCl2N5O. The Balaban J connectivity index is 1.67. The van der Waals surface area contributed by atoms with Gasteiger partial charge in [0.05, 0.1) is 16.7 Å². The summed E-state index contributed by atoms with van der Waals surface area (Å²) < 4.78 is 4.17. The number of halogens is 3. The van der Waals surface area contributed by atoms with E-state index in [1.807, 2.05) is 13.0 Å². The number of benzene rings is 1. The first-order valence-corrected chi connectivity index (χ1v) is 9.38. The fourth-order valence-electron chi connectivity index (χ4n) is 2.35. The van der Waals surface area contributed by atoms with Crippen LogP contribution >= 0.6 is 39.1 Å². The van der Waals surface area contributed by atoms with Gasteiger partial charge in [-0.15, -0.1) is 0 Å². The van der Waals surface area contributed by atoms with E-state index in [1.54, 1.807) is 46.9 Å². The maximum absolute atomic E-state index is 12.4. The summed E-state index contributed by atoms with van der Waals surface area (Å²) in [6.07, 6.45) is 3.56. The van der Waals surface area contributed by atoms with Crippen molar-refractivity contribution >= 4 is 50.9 Å². The molecule has 0 spiro atoms. The van der Waals surface area contributed by atoms with E-state index in [9.17, 15) is 4.79 Å². The summed E-state index contributed by atoms with van der Waals surface area (Å²) >= 11 is 15.5. The van der Waals surface area contributed by atoms with Gasteiger partial charge in [0.1, 0.15) is 6.04 Å². The standard InChI is InChI=1S/C17H16BrCl2N5O/c1-10-14(18)9-25(22-10)11(2)17(26)21-16-5-6-24(23-16)8-12-3-4-13(19)7-15(12)20/h3-7,9,11H,8H2,1-2H3,(H,21,23,26). The lowest BCUT2D eigenvalue weighted by Crippen LogP contribution is -2.24. The second-order valence-electron chi connectivity index (χ2n) is 5.84. The summed E-state index contributed by atoms with van der Waals surface area (Å²) in [5.41, 5.74) is 1.72. The molecule has 1 aromatic carbocycles. The summed E-state index contributed by atoms with van der Waals surface area (Å²) in [5, 5.41) is 12.6. The summed E-state index contributed by atoms with van der Waals surface area (Å²) in [6.45, 7) is 4.13.